The maximum atomic E-state index is 6.45. The lowest BCUT2D eigenvalue weighted by Gasteiger charge is -2.15. The van der Waals surface area contributed by atoms with E-state index < -0.39 is 0 Å². The molecule has 0 atom stereocenters. The lowest BCUT2D eigenvalue weighted by molar-refractivity contribution is 1.36. The summed E-state index contributed by atoms with van der Waals surface area (Å²) in [5.41, 5.74) is 9.71. The molecular formula is C36H22Cl2N2. The van der Waals surface area contributed by atoms with Crippen molar-refractivity contribution < 1.29 is 0 Å². The van der Waals surface area contributed by atoms with Crippen molar-refractivity contribution in [1.82, 2.24) is 9.97 Å². The van der Waals surface area contributed by atoms with Crippen LogP contribution in [-0.4, -0.2) is 9.97 Å². The van der Waals surface area contributed by atoms with Gasteiger partial charge in [-0.25, -0.2) is 9.97 Å². The van der Waals surface area contributed by atoms with E-state index in [4.69, 9.17) is 33.2 Å². The van der Waals surface area contributed by atoms with Crippen molar-refractivity contribution in [3.8, 4) is 44.8 Å². The highest BCUT2D eigenvalue weighted by atomic mass is 35.5. The summed E-state index contributed by atoms with van der Waals surface area (Å²) in [6.07, 6.45) is 0. The van der Waals surface area contributed by atoms with Crippen LogP contribution in [0.4, 0.5) is 0 Å². The van der Waals surface area contributed by atoms with E-state index in [9.17, 15) is 0 Å². The monoisotopic (exact) mass is 552 g/mol. The first-order valence-electron chi connectivity index (χ1n) is 13.1. The van der Waals surface area contributed by atoms with Gasteiger partial charge in [-0.3, -0.25) is 0 Å². The molecule has 0 N–H and O–H groups in total. The second-order valence-electron chi connectivity index (χ2n) is 9.72. The highest BCUT2D eigenvalue weighted by molar-refractivity contribution is 6.31. The predicted octanol–water partition coefficient (Wildman–Crippen LogP) is 10.8. The Morgan fingerprint density at radius 3 is 1.18 bits per heavy atom. The quantitative estimate of drug-likeness (QED) is 0.203. The van der Waals surface area contributed by atoms with E-state index in [2.05, 4.69) is 60.7 Å². The molecule has 2 aromatic heterocycles. The number of hydrogen-bond donors (Lipinski definition) is 0. The molecule has 0 bridgehead atoms. The molecular weight excluding hydrogens is 531 g/mol. The Kier molecular flexibility index (Phi) is 6.28. The number of nitrogens with zero attached hydrogens (tertiary/aromatic N) is 2. The Labute approximate surface area is 242 Å². The van der Waals surface area contributed by atoms with Crippen LogP contribution in [0.15, 0.2) is 133 Å². The summed E-state index contributed by atoms with van der Waals surface area (Å²) in [4.78, 5) is 10.5. The molecule has 2 nitrogen and oxygen atoms in total. The molecule has 0 fully saturated rings. The van der Waals surface area contributed by atoms with Gasteiger partial charge in [-0.15, -0.1) is 0 Å². The summed E-state index contributed by atoms with van der Waals surface area (Å²) in [6, 6.07) is 45.0. The number of benzene rings is 5. The summed E-state index contributed by atoms with van der Waals surface area (Å²) in [7, 11) is 0. The molecule has 2 heterocycles. The van der Waals surface area contributed by atoms with Crippen LogP contribution in [0.3, 0.4) is 0 Å². The minimum atomic E-state index is 0.692. The molecule has 0 amide bonds. The van der Waals surface area contributed by atoms with Gasteiger partial charge in [0.25, 0.3) is 0 Å². The van der Waals surface area contributed by atoms with Crippen LogP contribution in [-0.2, 0) is 0 Å². The van der Waals surface area contributed by atoms with E-state index in [1.165, 1.54) is 0 Å². The summed E-state index contributed by atoms with van der Waals surface area (Å²) in [5, 5.41) is 3.42. The van der Waals surface area contributed by atoms with Crippen LogP contribution in [0.2, 0.25) is 10.0 Å². The third kappa shape index (κ3) is 4.52. The van der Waals surface area contributed by atoms with Crippen molar-refractivity contribution in [3.05, 3.63) is 144 Å². The Morgan fingerprint density at radius 2 is 0.775 bits per heavy atom. The summed E-state index contributed by atoms with van der Waals surface area (Å²) >= 11 is 12.9. The SMILES string of the molecule is Clc1cccc(-c2cc(-c3ccccc3)nc3c2ccc2c(-c4cccc(Cl)c4)cc(-c4ccccc4)nc23)c1. The van der Waals surface area contributed by atoms with Gasteiger partial charge in [-0.2, -0.15) is 0 Å². The minimum Gasteiger partial charge on any atom is -0.245 e. The van der Waals surface area contributed by atoms with Crippen LogP contribution in [0.25, 0.3) is 66.6 Å². The second-order valence-corrected chi connectivity index (χ2v) is 10.6. The summed E-state index contributed by atoms with van der Waals surface area (Å²) < 4.78 is 0. The van der Waals surface area contributed by atoms with Crippen LogP contribution in [0.5, 0.6) is 0 Å². The van der Waals surface area contributed by atoms with Gasteiger partial charge in [-0.05, 0) is 58.7 Å². The first-order valence-corrected chi connectivity index (χ1v) is 13.8. The zero-order valence-electron chi connectivity index (χ0n) is 21.4. The maximum absolute atomic E-state index is 6.45. The first kappa shape index (κ1) is 24.5. The van der Waals surface area contributed by atoms with Crippen molar-refractivity contribution in [1.29, 1.82) is 0 Å². The number of pyridine rings is 2. The number of fused-ring (bicyclic) bond motifs is 3. The standard InChI is InChI=1S/C36H22Cl2N2/c37-27-15-7-13-25(19-27)31-21-33(23-9-3-1-4-10-23)39-35-29(31)17-18-30-32(26-14-8-16-28(38)20-26)22-34(40-36(30)35)24-11-5-2-6-12-24/h1-22H. The summed E-state index contributed by atoms with van der Waals surface area (Å²) in [5.74, 6) is 0. The fraction of sp³-hybridized carbons (Fsp3) is 0. The first-order chi connectivity index (χ1) is 19.6. The molecule has 7 rings (SSSR count). The number of halogens is 2. The predicted molar refractivity (Wildman–Crippen MR) is 169 cm³/mol. The molecule has 5 aromatic carbocycles. The van der Waals surface area contributed by atoms with Gasteiger partial charge in [0, 0.05) is 31.9 Å². The van der Waals surface area contributed by atoms with Gasteiger partial charge in [0.1, 0.15) is 0 Å². The van der Waals surface area contributed by atoms with Gasteiger partial charge in [0.05, 0.1) is 22.4 Å². The Morgan fingerprint density at radius 1 is 0.375 bits per heavy atom. The van der Waals surface area contributed by atoms with E-state index in [0.29, 0.717) is 10.0 Å². The van der Waals surface area contributed by atoms with Crippen LogP contribution in [0.1, 0.15) is 0 Å². The average molecular weight is 553 g/mol. The lowest BCUT2D eigenvalue weighted by atomic mass is 9.94. The molecule has 0 saturated carbocycles. The highest BCUT2D eigenvalue weighted by Gasteiger charge is 2.17. The maximum Gasteiger partial charge on any atom is 0.0978 e. The van der Waals surface area contributed by atoms with E-state index >= 15 is 0 Å². The number of hydrogen-bond acceptors (Lipinski definition) is 2. The minimum absolute atomic E-state index is 0.692. The molecule has 40 heavy (non-hydrogen) atoms. The van der Waals surface area contributed by atoms with E-state index in [1.807, 2.05) is 72.8 Å². The van der Waals surface area contributed by atoms with Crippen molar-refractivity contribution >= 4 is 45.0 Å². The molecule has 0 saturated heterocycles. The molecule has 4 heteroatoms. The zero-order chi connectivity index (χ0) is 27.1. The van der Waals surface area contributed by atoms with Crippen molar-refractivity contribution in [2.45, 2.75) is 0 Å². The van der Waals surface area contributed by atoms with Crippen LogP contribution >= 0.6 is 23.2 Å². The Bertz CT molecular complexity index is 1870. The molecule has 0 spiro atoms. The topological polar surface area (TPSA) is 25.8 Å². The van der Waals surface area contributed by atoms with Crippen molar-refractivity contribution in [2.24, 2.45) is 0 Å². The van der Waals surface area contributed by atoms with Crippen LogP contribution in [0, 0.1) is 0 Å². The van der Waals surface area contributed by atoms with Gasteiger partial charge >= 0.3 is 0 Å². The molecule has 190 valence electrons. The fourth-order valence-corrected chi connectivity index (χ4v) is 5.66. The molecule has 0 radical (unpaired) electrons. The van der Waals surface area contributed by atoms with E-state index in [0.717, 1.165) is 66.6 Å². The van der Waals surface area contributed by atoms with E-state index in [1.54, 1.807) is 0 Å². The Balaban J connectivity index is 1.62. The lowest BCUT2D eigenvalue weighted by Crippen LogP contribution is -1.95. The molecule has 0 unspecified atom stereocenters. The molecule has 0 aliphatic heterocycles. The van der Waals surface area contributed by atoms with Gasteiger partial charge in [-0.1, -0.05) is 120 Å². The van der Waals surface area contributed by atoms with Gasteiger partial charge < -0.3 is 0 Å². The number of aromatic nitrogens is 2. The second kappa shape index (κ2) is 10.2. The largest absolute Gasteiger partial charge is 0.245 e. The van der Waals surface area contributed by atoms with Crippen molar-refractivity contribution in [2.75, 3.05) is 0 Å². The highest BCUT2D eigenvalue weighted by Crippen LogP contribution is 2.40. The zero-order valence-corrected chi connectivity index (χ0v) is 22.9. The van der Waals surface area contributed by atoms with E-state index in [-0.39, 0.29) is 0 Å². The van der Waals surface area contributed by atoms with Crippen LogP contribution < -0.4 is 0 Å². The smallest absolute Gasteiger partial charge is 0.0978 e. The average Bonchev–Trinajstić information content (AvgIpc) is 3.00. The molecule has 7 aromatic rings. The molecule has 0 aliphatic carbocycles. The Hall–Kier alpha value is -4.50. The third-order valence-corrected chi connectivity index (χ3v) is 7.64. The third-order valence-electron chi connectivity index (χ3n) is 7.17. The van der Waals surface area contributed by atoms with Gasteiger partial charge in [0.2, 0.25) is 0 Å². The van der Waals surface area contributed by atoms with Gasteiger partial charge in [0.15, 0.2) is 0 Å². The summed E-state index contributed by atoms with van der Waals surface area (Å²) in [6.45, 7) is 0. The van der Waals surface area contributed by atoms with Crippen molar-refractivity contribution in [3.63, 3.8) is 0 Å². The number of rotatable bonds is 4. The fourth-order valence-electron chi connectivity index (χ4n) is 5.28. The normalized spacial score (nSPS) is 11.2. The molecule has 0 aliphatic rings.